The van der Waals surface area contributed by atoms with Crippen LogP contribution in [0.4, 0.5) is 11.4 Å². The molecule has 3 aromatic rings. The number of aromatic hydroxyl groups is 1. The second kappa shape index (κ2) is 7.57. The number of para-hydroxylation sites is 1. The maximum atomic E-state index is 13.5. The summed E-state index contributed by atoms with van der Waals surface area (Å²) in [5.74, 6) is -1.57. The van der Waals surface area contributed by atoms with Crippen LogP contribution < -0.4 is 9.96 Å². The highest BCUT2D eigenvalue weighted by atomic mass is 35.5. The Morgan fingerprint density at radius 3 is 2.26 bits per heavy atom. The van der Waals surface area contributed by atoms with Gasteiger partial charge in [-0.05, 0) is 48.0 Å². The lowest BCUT2D eigenvalue weighted by molar-refractivity contribution is -0.126. The largest absolute Gasteiger partial charge is 0.508 e. The SMILES string of the molecule is O=C1[C@H]2[C@@H](c3ccc(O)cc3)N(c3ccccc3)O[C@H]2C(=O)N1c1ccc(Cl)cc1Cl. The van der Waals surface area contributed by atoms with E-state index in [9.17, 15) is 14.7 Å². The Morgan fingerprint density at radius 2 is 1.58 bits per heavy atom. The van der Waals surface area contributed by atoms with Gasteiger partial charge in [-0.2, -0.15) is 0 Å². The van der Waals surface area contributed by atoms with Crippen molar-refractivity contribution in [3.63, 3.8) is 0 Å². The molecular weight excluding hydrogens is 439 g/mol. The van der Waals surface area contributed by atoms with Gasteiger partial charge in [-0.1, -0.05) is 53.5 Å². The number of phenols is 1. The van der Waals surface area contributed by atoms with Crippen LogP contribution in [0, 0.1) is 5.92 Å². The van der Waals surface area contributed by atoms with E-state index in [0.29, 0.717) is 10.7 Å². The molecule has 0 bridgehead atoms. The maximum absolute atomic E-state index is 13.5. The predicted molar refractivity (Wildman–Crippen MR) is 117 cm³/mol. The van der Waals surface area contributed by atoms with Crippen LogP contribution in [0.2, 0.25) is 10.0 Å². The molecule has 2 fully saturated rings. The Balaban J connectivity index is 1.59. The summed E-state index contributed by atoms with van der Waals surface area (Å²) in [6.45, 7) is 0. The van der Waals surface area contributed by atoms with E-state index in [0.717, 1.165) is 10.5 Å². The molecule has 156 valence electrons. The van der Waals surface area contributed by atoms with Crippen LogP contribution in [0.25, 0.3) is 0 Å². The van der Waals surface area contributed by atoms with E-state index < -0.39 is 29.9 Å². The molecule has 2 amide bonds. The van der Waals surface area contributed by atoms with E-state index in [4.69, 9.17) is 28.0 Å². The third kappa shape index (κ3) is 3.24. The fourth-order valence-corrected chi connectivity index (χ4v) is 4.62. The molecule has 3 atom stereocenters. The van der Waals surface area contributed by atoms with E-state index in [2.05, 4.69) is 0 Å². The zero-order valence-electron chi connectivity index (χ0n) is 16.0. The number of hydroxylamine groups is 1. The van der Waals surface area contributed by atoms with E-state index in [1.807, 2.05) is 30.3 Å². The minimum Gasteiger partial charge on any atom is -0.508 e. The Morgan fingerprint density at radius 1 is 0.871 bits per heavy atom. The fourth-order valence-electron chi connectivity index (χ4n) is 4.12. The molecule has 0 saturated carbocycles. The van der Waals surface area contributed by atoms with Gasteiger partial charge < -0.3 is 5.11 Å². The van der Waals surface area contributed by atoms with Crippen molar-refractivity contribution in [2.45, 2.75) is 12.1 Å². The highest BCUT2D eigenvalue weighted by Crippen LogP contribution is 2.48. The van der Waals surface area contributed by atoms with Gasteiger partial charge in [0.25, 0.3) is 5.91 Å². The normalized spacial score (nSPS) is 22.8. The summed E-state index contributed by atoms with van der Waals surface area (Å²) < 4.78 is 0. The summed E-state index contributed by atoms with van der Waals surface area (Å²) in [5.41, 5.74) is 1.72. The van der Waals surface area contributed by atoms with Gasteiger partial charge in [0.05, 0.1) is 22.4 Å². The monoisotopic (exact) mass is 454 g/mol. The van der Waals surface area contributed by atoms with Crippen molar-refractivity contribution >= 4 is 46.4 Å². The number of anilines is 2. The van der Waals surface area contributed by atoms with Crippen LogP contribution in [0.3, 0.4) is 0 Å². The number of phenolic OH excluding ortho intramolecular Hbond substituents is 1. The van der Waals surface area contributed by atoms with Crippen LogP contribution in [-0.2, 0) is 14.4 Å². The molecule has 2 heterocycles. The van der Waals surface area contributed by atoms with Crippen molar-refractivity contribution in [3.8, 4) is 5.75 Å². The zero-order chi connectivity index (χ0) is 21.7. The lowest BCUT2D eigenvalue weighted by Crippen LogP contribution is -2.37. The maximum Gasteiger partial charge on any atom is 0.266 e. The summed E-state index contributed by atoms with van der Waals surface area (Å²) in [5, 5.41) is 11.9. The molecule has 5 rings (SSSR count). The highest BCUT2D eigenvalue weighted by Gasteiger charge is 2.60. The predicted octanol–water partition coefficient (Wildman–Crippen LogP) is 4.75. The molecule has 6 nitrogen and oxygen atoms in total. The molecule has 2 saturated heterocycles. The van der Waals surface area contributed by atoms with Gasteiger partial charge in [-0.3, -0.25) is 14.4 Å². The van der Waals surface area contributed by atoms with Gasteiger partial charge in [0.15, 0.2) is 6.10 Å². The van der Waals surface area contributed by atoms with E-state index in [1.54, 1.807) is 41.5 Å². The van der Waals surface area contributed by atoms with Gasteiger partial charge in [-0.25, -0.2) is 9.96 Å². The van der Waals surface area contributed by atoms with Crippen LogP contribution >= 0.6 is 23.2 Å². The van der Waals surface area contributed by atoms with Gasteiger partial charge in [0.1, 0.15) is 11.7 Å². The number of imide groups is 1. The van der Waals surface area contributed by atoms with Crippen LogP contribution in [-0.4, -0.2) is 23.0 Å². The third-order valence-corrected chi connectivity index (χ3v) is 6.05. The summed E-state index contributed by atoms with van der Waals surface area (Å²) in [6.07, 6.45) is -1.00. The van der Waals surface area contributed by atoms with Gasteiger partial charge in [0, 0.05) is 5.02 Å². The minimum atomic E-state index is -1.00. The molecule has 0 aliphatic carbocycles. The number of hydrogen-bond acceptors (Lipinski definition) is 5. The van der Waals surface area contributed by atoms with E-state index in [1.165, 1.54) is 6.07 Å². The molecule has 31 heavy (non-hydrogen) atoms. The Labute approximate surface area is 188 Å². The highest BCUT2D eigenvalue weighted by molar-refractivity contribution is 6.38. The van der Waals surface area contributed by atoms with Crippen LogP contribution in [0.15, 0.2) is 72.8 Å². The van der Waals surface area contributed by atoms with Crippen LogP contribution in [0.1, 0.15) is 11.6 Å². The quantitative estimate of drug-likeness (QED) is 0.578. The van der Waals surface area contributed by atoms with Crippen molar-refractivity contribution in [1.29, 1.82) is 0 Å². The molecule has 0 unspecified atom stereocenters. The Hall–Kier alpha value is -3.06. The molecule has 2 aliphatic rings. The average molecular weight is 455 g/mol. The summed E-state index contributed by atoms with van der Waals surface area (Å²) in [4.78, 5) is 33.9. The Bertz CT molecular complexity index is 1170. The number of carbonyl (C=O) groups excluding carboxylic acids is 2. The second-order valence-corrected chi connectivity index (χ2v) is 8.20. The number of benzene rings is 3. The lowest BCUT2D eigenvalue weighted by atomic mass is 9.90. The number of halogens is 2. The molecule has 1 N–H and O–H groups in total. The fraction of sp³-hybridized carbons (Fsp3) is 0.130. The molecule has 0 aromatic heterocycles. The molecule has 8 heteroatoms. The van der Waals surface area contributed by atoms with Crippen molar-refractivity contribution < 1.29 is 19.5 Å². The summed E-state index contributed by atoms with van der Waals surface area (Å²) in [7, 11) is 0. The molecule has 0 spiro atoms. The number of fused-ring (bicyclic) bond motifs is 1. The standard InChI is InChI=1S/C23H16Cl2N2O4/c24-14-8-11-18(17(25)12-14)26-22(29)19-20(13-6-9-16(28)10-7-13)27(31-21(19)23(26)30)15-4-2-1-3-5-15/h1-12,19-21,28H/t19-,20+,21+/m0/s1. The Kier molecular flexibility index (Phi) is 4.85. The van der Waals surface area contributed by atoms with Crippen LogP contribution in [0.5, 0.6) is 5.75 Å². The number of carbonyl (C=O) groups is 2. The van der Waals surface area contributed by atoms with Gasteiger partial charge in [-0.15, -0.1) is 0 Å². The molecular formula is C23H16Cl2N2O4. The summed E-state index contributed by atoms with van der Waals surface area (Å²) in [6, 6.07) is 19.8. The lowest BCUT2D eigenvalue weighted by Gasteiger charge is -2.29. The molecule has 0 radical (unpaired) electrons. The third-order valence-electron chi connectivity index (χ3n) is 5.51. The van der Waals surface area contributed by atoms with Gasteiger partial charge in [0.2, 0.25) is 5.91 Å². The number of rotatable bonds is 3. The van der Waals surface area contributed by atoms with Gasteiger partial charge >= 0.3 is 0 Å². The van der Waals surface area contributed by atoms with Crippen molar-refractivity contribution in [1.82, 2.24) is 0 Å². The number of amides is 2. The number of nitrogens with zero attached hydrogens (tertiary/aromatic N) is 2. The molecule has 3 aromatic carbocycles. The van der Waals surface area contributed by atoms with Crippen molar-refractivity contribution in [2.75, 3.05) is 9.96 Å². The minimum absolute atomic E-state index is 0.105. The zero-order valence-corrected chi connectivity index (χ0v) is 17.5. The average Bonchev–Trinajstić information content (AvgIpc) is 3.26. The first-order chi connectivity index (χ1) is 15.0. The first-order valence-electron chi connectivity index (χ1n) is 9.58. The smallest absolute Gasteiger partial charge is 0.266 e. The van der Waals surface area contributed by atoms with E-state index >= 15 is 0 Å². The second-order valence-electron chi connectivity index (χ2n) is 7.36. The van der Waals surface area contributed by atoms with Crippen molar-refractivity contribution in [3.05, 3.63) is 88.4 Å². The number of hydrogen-bond donors (Lipinski definition) is 1. The van der Waals surface area contributed by atoms with E-state index in [-0.39, 0.29) is 16.5 Å². The first kappa shape index (κ1) is 19.9. The first-order valence-corrected chi connectivity index (χ1v) is 10.3. The molecule has 2 aliphatic heterocycles. The summed E-state index contributed by atoms with van der Waals surface area (Å²) >= 11 is 12.3. The van der Waals surface area contributed by atoms with Crippen molar-refractivity contribution in [2.24, 2.45) is 5.92 Å². The topological polar surface area (TPSA) is 70.1 Å².